The molecule has 110 valence electrons. The molecule has 0 bridgehead atoms. The van der Waals surface area contributed by atoms with E-state index in [0.29, 0.717) is 39.9 Å². The molecule has 1 aliphatic heterocycles. The quantitative estimate of drug-likeness (QED) is 0.762. The molecule has 1 aromatic heterocycles. The zero-order valence-corrected chi connectivity index (χ0v) is 13.5. The summed E-state index contributed by atoms with van der Waals surface area (Å²) < 4.78 is 16.0. The minimum Gasteiger partial charge on any atom is -0.487 e. The summed E-state index contributed by atoms with van der Waals surface area (Å²) in [5.41, 5.74) is 0.591. The number of halogens is 1. The number of fused-ring (bicyclic) bond motifs is 1. The van der Waals surface area contributed by atoms with E-state index in [1.165, 1.54) is 18.4 Å². The lowest BCUT2D eigenvalue weighted by Crippen LogP contribution is -2.37. The smallest absolute Gasteiger partial charge is 0.350 e. The minimum absolute atomic E-state index is 0.0807. The van der Waals surface area contributed by atoms with E-state index in [0.717, 1.165) is 0 Å². The fraction of sp³-hybridized carbons (Fsp3) is 0.500. The number of carbonyl (C=O) groups is 2. The molecule has 0 fully saturated rings. The summed E-state index contributed by atoms with van der Waals surface area (Å²) in [6, 6.07) is 0. The molecule has 0 N–H and O–H groups in total. The molecule has 0 saturated heterocycles. The highest BCUT2D eigenvalue weighted by Crippen LogP contribution is 2.47. The number of methoxy groups -OCH3 is 1. The molecule has 0 spiro atoms. The number of ether oxygens (including phenoxy) is 3. The van der Waals surface area contributed by atoms with Crippen LogP contribution in [0.2, 0.25) is 0 Å². The Balaban J connectivity index is 2.33. The number of esters is 2. The van der Waals surface area contributed by atoms with Crippen molar-refractivity contribution in [1.29, 1.82) is 0 Å². The van der Waals surface area contributed by atoms with E-state index in [9.17, 15) is 9.59 Å². The van der Waals surface area contributed by atoms with Crippen molar-refractivity contribution in [3.05, 3.63) is 8.66 Å². The Bertz CT molecular complexity index is 530. The van der Waals surface area contributed by atoms with Gasteiger partial charge < -0.3 is 19.1 Å². The Hall–Kier alpha value is -1.28. The Morgan fingerprint density at radius 3 is 2.90 bits per heavy atom. The molecule has 0 radical (unpaired) electrons. The van der Waals surface area contributed by atoms with Crippen LogP contribution in [-0.4, -0.2) is 45.4 Å². The van der Waals surface area contributed by atoms with Gasteiger partial charge in [-0.25, -0.2) is 4.79 Å². The van der Waals surface area contributed by atoms with Gasteiger partial charge in [-0.3, -0.25) is 4.79 Å². The average molecular weight is 364 g/mol. The molecule has 0 amide bonds. The van der Waals surface area contributed by atoms with Gasteiger partial charge in [-0.1, -0.05) is 0 Å². The number of thiophene rings is 1. The summed E-state index contributed by atoms with van der Waals surface area (Å²) in [6.07, 6.45) is 0. The highest BCUT2D eigenvalue weighted by atomic mass is 79.9. The third-order valence-electron chi connectivity index (χ3n) is 2.72. The van der Waals surface area contributed by atoms with E-state index >= 15 is 0 Å². The first-order chi connectivity index (χ1) is 9.58. The van der Waals surface area contributed by atoms with E-state index in [4.69, 9.17) is 14.2 Å². The highest BCUT2D eigenvalue weighted by Gasteiger charge is 2.31. The molecule has 0 aliphatic carbocycles. The van der Waals surface area contributed by atoms with Crippen molar-refractivity contribution in [2.75, 3.05) is 38.3 Å². The molecular formula is C12H14BrNO5S. The fourth-order valence-corrected chi connectivity index (χ4v) is 3.61. The van der Waals surface area contributed by atoms with Crippen LogP contribution in [0.1, 0.15) is 16.6 Å². The molecule has 1 aromatic rings. The van der Waals surface area contributed by atoms with Crippen LogP contribution in [0.25, 0.3) is 0 Å². The first kappa shape index (κ1) is 15.1. The zero-order valence-electron chi connectivity index (χ0n) is 11.1. The number of anilines is 1. The number of carbonyl (C=O) groups excluding carboxylic acids is 2. The SMILES string of the molecule is CCOC(=O)CN1CCOc2c(Br)sc(C(=O)OC)c21. The maximum atomic E-state index is 11.8. The van der Waals surface area contributed by atoms with Crippen molar-refractivity contribution in [2.24, 2.45) is 0 Å². The monoisotopic (exact) mass is 363 g/mol. The molecule has 0 saturated carbocycles. The van der Waals surface area contributed by atoms with Crippen LogP contribution >= 0.6 is 27.3 Å². The van der Waals surface area contributed by atoms with E-state index < -0.39 is 5.97 Å². The van der Waals surface area contributed by atoms with Crippen LogP contribution in [0, 0.1) is 0 Å². The zero-order chi connectivity index (χ0) is 14.7. The first-order valence-corrected chi connectivity index (χ1v) is 7.63. The molecule has 8 heteroatoms. The number of hydrogen-bond donors (Lipinski definition) is 0. The standard InChI is InChI=1S/C12H14BrNO5S/c1-3-18-7(15)6-14-4-5-19-9-8(14)10(12(16)17-2)20-11(9)13/h3-6H2,1-2H3. The average Bonchev–Trinajstić information content (AvgIpc) is 2.77. The number of nitrogens with zero attached hydrogens (tertiary/aromatic N) is 1. The van der Waals surface area contributed by atoms with Crippen LogP contribution < -0.4 is 9.64 Å². The lowest BCUT2D eigenvalue weighted by atomic mass is 10.2. The number of hydrogen-bond acceptors (Lipinski definition) is 7. The van der Waals surface area contributed by atoms with Gasteiger partial charge >= 0.3 is 11.9 Å². The summed E-state index contributed by atoms with van der Waals surface area (Å²) >= 11 is 4.60. The third kappa shape index (κ3) is 2.90. The predicted octanol–water partition coefficient (Wildman–Crippen LogP) is 2.06. The summed E-state index contributed by atoms with van der Waals surface area (Å²) in [5.74, 6) is -0.208. The maximum Gasteiger partial charge on any atom is 0.350 e. The van der Waals surface area contributed by atoms with Gasteiger partial charge in [-0.05, 0) is 22.9 Å². The summed E-state index contributed by atoms with van der Waals surface area (Å²) in [5, 5.41) is 0. The van der Waals surface area contributed by atoms with Crippen molar-refractivity contribution >= 4 is 44.9 Å². The molecule has 2 heterocycles. The van der Waals surface area contributed by atoms with E-state index in [1.54, 1.807) is 11.8 Å². The molecule has 0 unspecified atom stereocenters. The Morgan fingerprint density at radius 2 is 2.25 bits per heavy atom. The molecule has 1 aliphatic rings. The minimum atomic E-state index is -0.448. The molecule has 6 nitrogen and oxygen atoms in total. The van der Waals surface area contributed by atoms with Crippen LogP contribution in [-0.2, 0) is 14.3 Å². The largest absolute Gasteiger partial charge is 0.487 e. The maximum absolute atomic E-state index is 11.8. The Morgan fingerprint density at radius 1 is 1.50 bits per heavy atom. The van der Waals surface area contributed by atoms with Crippen LogP contribution in [0.5, 0.6) is 5.75 Å². The predicted molar refractivity (Wildman–Crippen MR) is 77.7 cm³/mol. The molecular weight excluding hydrogens is 350 g/mol. The molecule has 2 rings (SSSR count). The van der Waals surface area contributed by atoms with Crippen LogP contribution in [0.3, 0.4) is 0 Å². The van der Waals surface area contributed by atoms with Gasteiger partial charge in [0.2, 0.25) is 0 Å². The topological polar surface area (TPSA) is 65.1 Å². The first-order valence-electron chi connectivity index (χ1n) is 6.02. The van der Waals surface area contributed by atoms with Crippen molar-refractivity contribution in [1.82, 2.24) is 0 Å². The highest BCUT2D eigenvalue weighted by molar-refractivity contribution is 9.11. The fourth-order valence-electron chi connectivity index (χ4n) is 1.91. The molecule has 0 aromatic carbocycles. The van der Waals surface area contributed by atoms with Crippen LogP contribution in [0.4, 0.5) is 5.69 Å². The molecule has 0 atom stereocenters. The van der Waals surface area contributed by atoms with Gasteiger partial charge in [-0.15, -0.1) is 11.3 Å². The van der Waals surface area contributed by atoms with Crippen molar-refractivity contribution in [3.8, 4) is 5.75 Å². The van der Waals surface area contributed by atoms with E-state index in [-0.39, 0.29) is 12.5 Å². The normalized spacial score (nSPS) is 13.4. The van der Waals surface area contributed by atoms with Gasteiger partial charge in [0.1, 0.15) is 27.5 Å². The van der Waals surface area contributed by atoms with E-state index in [2.05, 4.69) is 15.9 Å². The second kappa shape index (κ2) is 6.45. The van der Waals surface area contributed by atoms with Gasteiger partial charge in [0, 0.05) is 0 Å². The second-order valence-corrected chi connectivity index (χ2v) is 6.29. The summed E-state index contributed by atoms with van der Waals surface area (Å²) in [4.78, 5) is 25.7. The van der Waals surface area contributed by atoms with Gasteiger partial charge in [0.05, 0.1) is 20.3 Å². The Kier molecular flexibility index (Phi) is 4.87. The summed E-state index contributed by atoms with van der Waals surface area (Å²) in [6.45, 7) is 3.12. The van der Waals surface area contributed by atoms with Crippen LogP contribution in [0.15, 0.2) is 3.79 Å². The van der Waals surface area contributed by atoms with Gasteiger partial charge in [-0.2, -0.15) is 0 Å². The Labute approximate surface area is 128 Å². The van der Waals surface area contributed by atoms with Gasteiger partial charge in [0.25, 0.3) is 0 Å². The van der Waals surface area contributed by atoms with Gasteiger partial charge in [0.15, 0.2) is 5.75 Å². The summed E-state index contributed by atoms with van der Waals surface area (Å²) in [7, 11) is 1.32. The lowest BCUT2D eigenvalue weighted by Gasteiger charge is -2.29. The van der Waals surface area contributed by atoms with Crippen molar-refractivity contribution in [2.45, 2.75) is 6.92 Å². The number of rotatable bonds is 4. The second-order valence-electron chi connectivity index (χ2n) is 3.95. The third-order valence-corrected chi connectivity index (χ3v) is 4.49. The lowest BCUT2D eigenvalue weighted by molar-refractivity contribution is -0.141. The van der Waals surface area contributed by atoms with Crippen molar-refractivity contribution in [3.63, 3.8) is 0 Å². The van der Waals surface area contributed by atoms with E-state index in [1.807, 2.05) is 0 Å². The molecule has 20 heavy (non-hydrogen) atoms. The van der Waals surface area contributed by atoms with Crippen molar-refractivity contribution < 1.29 is 23.8 Å².